The number of aromatic nitrogens is 3. The van der Waals surface area contributed by atoms with E-state index >= 15 is 0 Å². The smallest absolute Gasteiger partial charge is 0.224 e. The Labute approximate surface area is 164 Å². The number of amides is 1. The van der Waals surface area contributed by atoms with E-state index in [1.54, 1.807) is 38.0 Å². The maximum atomic E-state index is 12.4. The number of carbonyl (C=O) groups is 1. The molecule has 1 fully saturated rings. The van der Waals surface area contributed by atoms with Gasteiger partial charge >= 0.3 is 0 Å². The first-order valence-corrected chi connectivity index (χ1v) is 9.70. The van der Waals surface area contributed by atoms with Gasteiger partial charge in [0.1, 0.15) is 18.4 Å². The van der Waals surface area contributed by atoms with Gasteiger partial charge in [-0.25, -0.2) is 0 Å². The molecular weight excluding hydrogens is 366 g/mol. The monoisotopic (exact) mass is 391 g/mol. The van der Waals surface area contributed by atoms with Crippen molar-refractivity contribution >= 4 is 23.2 Å². The molecular formula is C19H26ClN5O2. The second-order valence-corrected chi connectivity index (χ2v) is 7.38. The SMILES string of the molecule is COc1ccc(Cl)cc1NC(=O)CC[C@@H]1CCCN(CCn2cnnc2)C1. The van der Waals surface area contributed by atoms with Gasteiger partial charge in [0.05, 0.1) is 12.8 Å². The van der Waals surface area contributed by atoms with Gasteiger partial charge in [-0.05, 0) is 49.9 Å². The lowest BCUT2D eigenvalue weighted by Crippen LogP contribution is -2.37. The second-order valence-electron chi connectivity index (χ2n) is 6.94. The largest absolute Gasteiger partial charge is 0.495 e. The Morgan fingerprint density at radius 2 is 2.15 bits per heavy atom. The zero-order valence-corrected chi connectivity index (χ0v) is 16.4. The number of nitrogens with one attached hydrogen (secondary N) is 1. The molecule has 7 nitrogen and oxygen atoms in total. The van der Waals surface area contributed by atoms with Crippen molar-refractivity contribution in [2.45, 2.75) is 32.2 Å². The number of benzene rings is 1. The number of anilines is 1. The lowest BCUT2D eigenvalue weighted by molar-refractivity contribution is -0.116. The number of piperidine rings is 1. The van der Waals surface area contributed by atoms with Crippen LogP contribution >= 0.6 is 11.6 Å². The van der Waals surface area contributed by atoms with Crippen LogP contribution in [0.1, 0.15) is 25.7 Å². The van der Waals surface area contributed by atoms with Crippen LogP contribution < -0.4 is 10.1 Å². The van der Waals surface area contributed by atoms with Crippen molar-refractivity contribution in [1.82, 2.24) is 19.7 Å². The van der Waals surface area contributed by atoms with Crippen LogP contribution in [0.4, 0.5) is 5.69 Å². The van der Waals surface area contributed by atoms with Gasteiger partial charge in [0.15, 0.2) is 0 Å². The summed E-state index contributed by atoms with van der Waals surface area (Å²) in [5.74, 6) is 1.16. The molecule has 1 amide bonds. The van der Waals surface area contributed by atoms with E-state index in [-0.39, 0.29) is 5.91 Å². The zero-order chi connectivity index (χ0) is 19.1. The molecule has 2 heterocycles. The van der Waals surface area contributed by atoms with E-state index in [9.17, 15) is 4.79 Å². The van der Waals surface area contributed by atoms with Gasteiger partial charge in [-0.3, -0.25) is 4.79 Å². The van der Waals surface area contributed by atoms with Crippen LogP contribution in [0.25, 0.3) is 0 Å². The molecule has 1 atom stereocenters. The van der Waals surface area contributed by atoms with Gasteiger partial charge in [-0.15, -0.1) is 10.2 Å². The van der Waals surface area contributed by atoms with Gasteiger partial charge in [0, 0.05) is 31.1 Å². The van der Waals surface area contributed by atoms with E-state index in [1.165, 1.54) is 12.8 Å². The number of methoxy groups -OCH3 is 1. The number of halogens is 1. The van der Waals surface area contributed by atoms with Gasteiger partial charge in [0.25, 0.3) is 0 Å². The molecule has 1 N–H and O–H groups in total. The van der Waals surface area contributed by atoms with Crippen LogP contribution in [-0.4, -0.2) is 52.3 Å². The molecule has 2 aromatic rings. The molecule has 8 heteroatoms. The number of carbonyl (C=O) groups excluding carboxylic acids is 1. The number of hydrogen-bond acceptors (Lipinski definition) is 5. The zero-order valence-electron chi connectivity index (χ0n) is 15.6. The van der Waals surface area contributed by atoms with Crippen LogP contribution in [-0.2, 0) is 11.3 Å². The first kappa shape index (κ1) is 19.6. The summed E-state index contributed by atoms with van der Waals surface area (Å²) in [7, 11) is 1.58. The van der Waals surface area contributed by atoms with Crippen molar-refractivity contribution < 1.29 is 9.53 Å². The minimum absolute atomic E-state index is 0.00261. The Kier molecular flexibility index (Phi) is 7.06. The lowest BCUT2D eigenvalue weighted by atomic mass is 9.93. The fraction of sp³-hybridized carbons (Fsp3) is 0.526. The molecule has 1 aromatic carbocycles. The molecule has 1 aliphatic rings. The van der Waals surface area contributed by atoms with Crippen LogP contribution in [0.15, 0.2) is 30.9 Å². The summed E-state index contributed by atoms with van der Waals surface area (Å²) in [6.07, 6.45) is 7.23. The minimum Gasteiger partial charge on any atom is -0.495 e. The standard InChI is InChI=1S/C19H26ClN5O2/c1-27-18-6-5-16(20)11-17(18)23-19(26)7-4-15-3-2-8-24(12-15)9-10-25-13-21-22-14-25/h5-6,11,13-15H,2-4,7-10,12H2,1H3,(H,23,26)/t15-/m0/s1. The third-order valence-electron chi connectivity index (χ3n) is 4.96. The van der Waals surface area contributed by atoms with E-state index in [0.717, 1.165) is 32.6 Å². The van der Waals surface area contributed by atoms with Crippen molar-refractivity contribution in [2.75, 3.05) is 32.1 Å². The normalized spacial score (nSPS) is 17.6. The Morgan fingerprint density at radius 1 is 1.33 bits per heavy atom. The quantitative estimate of drug-likeness (QED) is 0.748. The number of rotatable bonds is 8. The predicted octanol–water partition coefficient (Wildman–Crippen LogP) is 3.07. The van der Waals surface area contributed by atoms with E-state index in [0.29, 0.717) is 28.8 Å². The summed E-state index contributed by atoms with van der Waals surface area (Å²) < 4.78 is 7.27. The summed E-state index contributed by atoms with van der Waals surface area (Å²) >= 11 is 6.02. The Hall–Kier alpha value is -2.12. The van der Waals surface area contributed by atoms with E-state index in [1.807, 2.05) is 4.57 Å². The molecule has 0 bridgehead atoms. The third kappa shape index (κ3) is 5.94. The molecule has 0 unspecified atom stereocenters. The molecule has 0 radical (unpaired) electrons. The Bertz CT molecular complexity index is 738. The van der Waals surface area contributed by atoms with Crippen LogP contribution in [0.2, 0.25) is 5.02 Å². The van der Waals surface area contributed by atoms with Crippen molar-refractivity contribution in [2.24, 2.45) is 5.92 Å². The van der Waals surface area contributed by atoms with Gasteiger partial charge < -0.3 is 19.5 Å². The highest BCUT2D eigenvalue weighted by Gasteiger charge is 2.20. The second kappa shape index (κ2) is 9.71. The van der Waals surface area contributed by atoms with Crippen LogP contribution in [0, 0.1) is 5.92 Å². The summed E-state index contributed by atoms with van der Waals surface area (Å²) in [5, 5.41) is 11.2. The molecule has 0 spiro atoms. The minimum atomic E-state index is -0.00261. The molecule has 1 aliphatic heterocycles. The molecule has 0 aliphatic carbocycles. The maximum absolute atomic E-state index is 12.4. The Balaban J connectivity index is 1.43. The number of ether oxygens (including phenoxy) is 1. The maximum Gasteiger partial charge on any atom is 0.224 e. The highest BCUT2D eigenvalue weighted by molar-refractivity contribution is 6.31. The molecule has 1 saturated heterocycles. The first-order valence-electron chi connectivity index (χ1n) is 9.32. The average molecular weight is 392 g/mol. The fourth-order valence-corrected chi connectivity index (χ4v) is 3.68. The predicted molar refractivity (Wildman–Crippen MR) is 105 cm³/mol. The fourth-order valence-electron chi connectivity index (χ4n) is 3.51. The summed E-state index contributed by atoms with van der Waals surface area (Å²) in [6, 6.07) is 5.21. The molecule has 3 rings (SSSR count). The first-order chi connectivity index (χ1) is 13.1. The molecule has 1 aromatic heterocycles. The summed E-state index contributed by atoms with van der Waals surface area (Å²) in [6.45, 7) is 4.04. The van der Waals surface area contributed by atoms with Crippen molar-refractivity contribution in [3.8, 4) is 5.75 Å². The van der Waals surface area contributed by atoms with Crippen molar-refractivity contribution in [3.05, 3.63) is 35.9 Å². The highest BCUT2D eigenvalue weighted by Crippen LogP contribution is 2.28. The summed E-state index contributed by atoms with van der Waals surface area (Å²) in [5.41, 5.74) is 0.620. The van der Waals surface area contributed by atoms with Gasteiger partial charge in [-0.1, -0.05) is 11.6 Å². The lowest BCUT2D eigenvalue weighted by Gasteiger charge is -2.32. The van der Waals surface area contributed by atoms with Crippen LogP contribution in [0.3, 0.4) is 0 Å². The average Bonchev–Trinajstić information content (AvgIpc) is 3.19. The molecule has 0 saturated carbocycles. The molecule has 27 heavy (non-hydrogen) atoms. The number of nitrogens with zero attached hydrogens (tertiary/aromatic N) is 4. The van der Waals surface area contributed by atoms with Crippen molar-refractivity contribution in [3.63, 3.8) is 0 Å². The Morgan fingerprint density at radius 3 is 2.93 bits per heavy atom. The number of hydrogen-bond donors (Lipinski definition) is 1. The highest BCUT2D eigenvalue weighted by atomic mass is 35.5. The van der Waals surface area contributed by atoms with E-state index < -0.39 is 0 Å². The van der Waals surface area contributed by atoms with Crippen LogP contribution in [0.5, 0.6) is 5.75 Å². The van der Waals surface area contributed by atoms with E-state index in [4.69, 9.17) is 16.3 Å². The number of likely N-dealkylation sites (tertiary alicyclic amines) is 1. The van der Waals surface area contributed by atoms with E-state index in [2.05, 4.69) is 20.4 Å². The van der Waals surface area contributed by atoms with Gasteiger partial charge in [-0.2, -0.15) is 0 Å². The van der Waals surface area contributed by atoms with Gasteiger partial charge in [0.2, 0.25) is 5.91 Å². The molecule has 146 valence electrons. The summed E-state index contributed by atoms with van der Waals surface area (Å²) in [4.78, 5) is 14.8. The topological polar surface area (TPSA) is 72.3 Å². The third-order valence-corrected chi connectivity index (χ3v) is 5.19. The van der Waals surface area contributed by atoms with Crippen molar-refractivity contribution in [1.29, 1.82) is 0 Å².